The van der Waals surface area contributed by atoms with Gasteiger partial charge < -0.3 is 10.5 Å². The Bertz CT molecular complexity index is 434. The number of rotatable bonds is 4. The van der Waals surface area contributed by atoms with Crippen molar-refractivity contribution in [2.24, 2.45) is 11.1 Å². The Morgan fingerprint density at radius 3 is 2.05 bits per heavy atom. The Balaban J connectivity index is 2.04. The van der Waals surface area contributed by atoms with E-state index < -0.39 is 6.36 Å². The summed E-state index contributed by atoms with van der Waals surface area (Å²) in [6, 6.07) is 6.18. The number of benzene rings is 1. The van der Waals surface area contributed by atoms with Crippen LogP contribution in [0.15, 0.2) is 24.3 Å². The van der Waals surface area contributed by atoms with E-state index in [-0.39, 0.29) is 11.2 Å². The van der Waals surface area contributed by atoms with Gasteiger partial charge in [0.1, 0.15) is 5.75 Å². The van der Waals surface area contributed by atoms with E-state index in [0.717, 1.165) is 24.8 Å². The van der Waals surface area contributed by atoms with Gasteiger partial charge in [0.05, 0.1) is 0 Å². The molecule has 0 aliphatic heterocycles. The van der Waals surface area contributed by atoms with Gasteiger partial charge in [-0.25, -0.2) is 0 Å². The lowest BCUT2D eigenvalue weighted by Crippen LogP contribution is -2.32. The third-order valence-electron chi connectivity index (χ3n) is 4.33. The molecule has 0 radical (unpaired) electrons. The molecule has 0 unspecified atom stereocenters. The number of halogens is 3. The number of alkyl halides is 3. The first kappa shape index (κ1) is 16.1. The van der Waals surface area contributed by atoms with E-state index >= 15 is 0 Å². The molecule has 2 rings (SSSR count). The SMILES string of the molecule is NCC1(Cc2ccc(OC(F)(F)F)cc2)CCCCCC1. The highest BCUT2D eigenvalue weighted by molar-refractivity contribution is 5.28. The van der Waals surface area contributed by atoms with Crippen molar-refractivity contribution in [1.82, 2.24) is 0 Å². The largest absolute Gasteiger partial charge is 0.573 e. The Morgan fingerprint density at radius 1 is 1.00 bits per heavy atom. The minimum atomic E-state index is -4.64. The van der Waals surface area contributed by atoms with Crippen molar-refractivity contribution in [3.63, 3.8) is 0 Å². The maximum absolute atomic E-state index is 12.1. The van der Waals surface area contributed by atoms with Crippen LogP contribution in [0, 0.1) is 5.41 Å². The summed E-state index contributed by atoms with van der Waals surface area (Å²) in [5, 5.41) is 0. The summed E-state index contributed by atoms with van der Waals surface area (Å²) in [6.07, 6.45) is 3.27. The van der Waals surface area contributed by atoms with Crippen molar-refractivity contribution >= 4 is 0 Å². The predicted octanol–water partition coefficient (Wildman–Crippen LogP) is 4.43. The Morgan fingerprint density at radius 2 is 1.57 bits per heavy atom. The standard InChI is InChI=1S/C16H22F3NO/c17-16(18,19)21-14-7-5-13(6-8-14)11-15(12-20)9-3-1-2-4-10-15/h5-8H,1-4,9-12,20H2. The first-order valence-corrected chi connectivity index (χ1v) is 7.47. The van der Waals surface area contributed by atoms with E-state index in [0.29, 0.717) is 6.54 Å². The molecule has 21 heavy (non-hydrogen) atoms. The zero-order valence-corrected chi connectivity index (χ0v) is 12.1. The van der Waals surface area contributed by atoms with Crippen LogP contribution >= 0.6 is 0 Å². The summed E-state index contributed by atoms with van der Waals surface area (Å²) in [5.74, 6) is -0.172. The van der Waals surface area contributed by atoms with E-state index in [2.05, 4.69) is 4.74 Å². The summed E-state index contributed by atoms with van der Waals surface area (Å²) >= 11 is 0. The fourth-order valence-corrected chi connectivity index (χ4v) is 3.17. The molecule has 118 valence electrons. The van der Waals surface area contributed by atoms with Gasteiger partial charge in [-0.3, -0.25) is 0 Å². The number of hydrogen-bond donors (Lipinski definition) is 1. The zero-order valence-electron chi connectivity index (χ0n) is 12.1. The molecule has 5 heteroatoms. The molecular formula is C16H22F3NO. The highest BCUT2D eigenvalue weighted by Crippen LogP contribution is 2.37. The first-order chi connectivity index (χ1) is 9.92. The van der Waals surface area contributed by atoms with Crippen molar-refractivity contribution in [3.8, 4) is 5.75 Å². The van der Waals surface area contributed by atoms with E-state index in [1.165, 1.54) is 37.8 Å². The molecule has 1 aromatic carbocycles. The van der Waals surface area contributed by atoms with Gasteiger partial charge in [0.25, 0.3) is 0 Å². The van der Waals surface area contributed by atoms with Crippen LogP contribution in [0.5, 0.6) is 5.75 Å². The van der Waals surface area contributed by atoms with E-state index in [9.17, 15) is 13.2 Å². The van der Waals surface area contributed by atoms with Gasteiger partial charge in [-0.1, -0.05) is 37.8 Å². The van der Waals surface area contributed by atoms with Crippen LogP contribution < -0.4 is 10.5 Å². The zero-order chi connectivity index (χ0) is 15.3. The summed E-state index contributed by atoms with van der Waals surface area (Å²) in [5.41, 5.74) is 7.12. The van der Waals surface area contributed by atoms with Gasteiger partial charge in [0.2, 0.25) is 0 Å². The van der Waals surface area contributed by atoms with Crippen molar-refractivity contribution < 1.29 is 17.9 Å². The third kappa shape index (κ3) is 4.92. The molecule has 0 heterocycles. The second kappa shape index (κ2) is 6.69. The first-order valence-electron chi connectivity index (χ1n) is 7.47. The normalized spacial score (nSPS) is 19.0. The maximum atomic E-state index is 12.1. The summed E-state index contributed by atoms with van der Waals surface area (Å²) in [4.78, 5) is 0. The third-order valence-corrected chi connectivity index (χ3v) is 4.33. The van der Waals surface area contributed by atoms with E-state index in [1.54, 1.807) is 12.1 Å². The molecule has 1 aromatic rings. The second-order valence-electron chi connectivity index (χ2n) is 5.99. The van der Waals surface area contributed by atoms with Gasteiger partial charge in [-0.2, -0.15) is 0 Å². The molecule has 0 bridgehead atoms. The van der Waals surface area contributed by atoms with Gasteiger partial charge in [0.15, 0.2) is 0 Å². The van der Waals surface area contributed by atoms with Crippen LogP contribution in [0.1, 0.15) is 44.1 Å². The quantitative estimate of drug-likeness (QED) is 0.835. The molecule has 0 spiro atoms. The highest BCUT2D eigenvalue weighted by atomic mass is 19.4. The molecule has 0 saturated heterocycles. The smallest absolute Gasteiger partial charge is 0.406 e. The van der Waals surface area contributed by atoms with Gasteiger partial charge >= 0.3 is 6.36 Å². The molecule has 0 aromatic heterocycles. The second-order valence-corrected chi connectivity index (χ2v) is 5.99. The monoisotopic (exact) mass is 301 g/mol. The minimum Gasteiger partial charge on any atom is -0.406 e. The van der Waals surface area contributed by atoms with E-state index in [4.69, 9.17) is 5.73 Å². The summed E-state index contributed by atoms with van der Waals surface area (Å²) in [7, 11) is 0. The predicted molar refractivity (Wildman–Crippen MR) is 76.0 cm³/mol. The van der Waals surface area contributed by atoms with Gasteiger partial charge in [-0.05, 0) is 48.9 Å². The van der Waals surface area contributed by atoms with Crippen LogP contribution in [-0.2, 0) is 6.42 Å². The average Bonchev–Trinajstić information content (AvgIpc) is 2.66. The summed E-state index contributed by atoms with van der Waals surface area (Å²) < 4.78 is 40.3. The molecular weight excluding hydrogens is 279 g/mol. The van der Waals surface area contributed by atoms with Crippen LogP contribution in [0.3, 0.4) is 0 Å². The number of nitrogens with two attached hydrogens (primary N) is 1. The van der Waals surface area contributed by atoms with Crippen LogP contribution in [0.4, 0.5) is 13.2 Å². The van der Waals surface area contributed by atoms with Crippen molar-refractivity contribution in [1.29, 1.82) is 0 Å². The number of ether oxygens (including phenoxy) is 1. The highest BCUT2D eigenvalue weighted by Gasteiger charge is 2.32. The topological polar surface area (TPSA) is 35.2 Å². The lowest BCUT2D eigenvalue weighted by molar-refractivity contribution is -0.274. The fraction of sp³-hybridized carbons (Fsp3) is 0.625. The Labute approximate surface area is 123 Å². The molecule has 2 nitrogen and oxygen atoms in total. The number of hydrogen-bond acceptors (Lipinski definition) is 2. The van der Waals surface area contributed by atoms with Gasteiger partial charge in [0, 0.05) is 0 Å². The fourth-order valence-electron chi connectivity index (χ4n) is 3.17. The molecule has 1 fully saturated rings. The molecule has 1 aliphatic carbocycles. The minimum absolute atomic E-state index is 0.100. The van der Waals surface area contributed by atoms with Crippen LogP contribution in [0.2, 0.25) is 0 Å². The molecule has 1 aliphatic rings. The molecule has 0 amide bonds. The maximum Gasteiger partial charge on any atom is 0.573 e. The lowest BCUT2D eigenvalue weighted by atomic mass is 9.75. The molecule has 1 saturated carbocycles. The van der Waals surface area contributed by atoms with E-state index in [1.807, 2.05) is 0 Å². The van der Waals surface area contributed by atoms with Crippen molar-refractivity contribution in [2.45, 2.75) is 51.3 Å². The van der Waals surface area contributed by atoms with Gasteiger partial charge in [-0.15, -0.1) is 13.2 Å². The lowest BCUT2D eigenvalue weighted by Gasteiger charge is -2.31. The van der Waals surface area contributed by atoms with Crippen LogP contribution in [-0.4, -0.2) is 12.9 Å². The molecule has 0 atom stereocenters. The Hall–Kier alpha value is -1.23. The summed E-state index contributed by atoms with van der Waals surface area (Å²) in [6.45, 7) is 0.633. The molecule has 2 N–H and O–H groups in total. The van der Waals surface area contributed by atoms with Crippen molar-refractivity contribution in [2.75, 3.05) is 6.54 Å². The van der Waals surface area contributed by atoms with Crippen LogP contribution in [0.25, 0.3) is 0 Å². The Kier molecular flexibility index (Phi) is 5.14. The van der Waals surface area contributed by atoms with Crippen molar-refractivity contribution in [3.05, 3.63) is 29.8 Å². The average molecular weight is 301 g/mol.